The number of urea groups is 1. The minimum absolute atomic E-state index is 0.183. The van der Waals surface area contributed by atoms with Crippen molar-refractivity contribution in [2.24, 2.45) is 17.6 Å². The van der Waals surface area contributed by atoms with Crippen molar-refractivity contribution < 1.29 is 9.59 Å². The molecule has 21 heavy (non-hydrogen) atoms. The number of thiazole rings is 1. The number of aromatic nitrogens is 1. The molecule has 1 aliphatic carbocycles. The van der Waals surface area contributed by atoms with Crippen LogP contribution in [0.4, 0.5) is 9.93 Å². The number of aryl methyl sites for hydroxylation is 1. The van der Waals surface area contributed by atoms with Gasteiger partial charge in [-0.25, -0.2) is 9.78 Å². The number of carbonyl (C=O) groups is 2. The second-order valence-electron chi connectivity index (χ2n) is 6.00. The van der Waals surface area contributed by atoms with Crippen molar-refractivity contribution in [1.29, 1.82) is 0 Å². The molecule has 114 valence electrons. The van der Waals surface area contributed by atoms with Crippen LogP contribution in [-0.2, 0) is 17.6 Å². The van der Waals surface area contributed by atoms with Gasteiger partial charge in [-0.05, 0) is 31.6 Å². The van der Waals surface area contributed by atoms with Crippen LogP contribution in [0.25, 0.3) is 0 Å². The van der Waals surface area contributed by atoms with E-state index in [4.69, 9.17) is 5.73 Å². The van der Waals surface area contributed by atoms with Gasteiger partial charge >= 0.3 is 6.03 Å². The van der Waals surface area contributed by atoms with Crippen LogP contribution in [0.15, 0.2) is 0 Å². The lowest BCUT2D eigenvalue weighted by Gasteiger charge is -2.15. The van der Waals surface area contributed by atoms with E-state index in [0.717, 1.165) is 25.0 Å². The number of hydrogen-bond donors (Lipinski definition) is 2. The summed E-state index contributed by atoms with van der Waals surface area (Å²) in [5.74, 6) is 0.140. The van der Waals surface area contributed by atoms with Gasteiger partial charge in [0.05, 0.1) is 11.6 Å². The molecule has 2 atom stereocenters. The Hall–Kier alpha value is -1.63. The van der Waals surface area contributed by atoms with E-state index in [-0.39, 0.29) is 17.9 Å². The van der Waals surface area contributed by atoms with Crippen molar-refractivity contribution in [3.63, 3.8) is 0 Å². The average Bonchev–Trinajstić information content (AvgIpc) is 3.03. The molecule has 0 spiro atoms. The van der Waals surface area contributed by atoms with Gasteiger partial charge in [-0.2, -0.15) is 0 Å². The summed E-state index contributed by atoms with van der Waals surface area (Å²) < 4.78 is 0. The van der Waals surface area contributed by atoms with Crippen LogP contribution in [0.1, 0.15) is 30.3 Å². The molecule has 7 heteroatoms. The Morgan fingerprint density at radius 1 is 1.43 bits per heavy atom. The van der Waals surface area contributed by atoms with Crippen molar-refractivity contribution in [2.75, 3.05) is 18.4 Å². The number of nitrogens with one attached hydrogen (secondary N) is 1. The summed E-state index contributed by atoms with van der Waals surface area (Å²) in [4.78, 5) is 30.8. The molecule has 1 aliphatic heterocycles. The smallest absolute Gasteiger partial charge is 0.323 e. The van der Waals surface area contributed by atoms with Gasteiger partial charge in [-0.1, -0.05) is 6.92 Å². The summed E-state index contributed by atoms with van der Waals surface area (Å²) in [6.45, 7) is 3.22. The Kier molecular flexibility index (Phi) is 3.84. The van der Waals surface area contributed by atoms with E-state index in [1.807, 2.05) is 0 Å². The standard InChI is InChI=1S/C14H20N4O2S/c1-8-2-3-10-11(6-8)21-13(16-10)17-14(20)18-5-4-9(7-18)12(15)19/h8-9H,2-7H2,1H3,(H2,15,19)(H,16,17,20)/t8-,9+/m1/s1. The molecule has 0 aromatic carbocycles. The lowest BCUT2D eigenvalue weighted by molar-refractivity contribution is -0.121. The molecular formula is C14H20N4O2S. The van der Waals surface area contributed by atoms with Gasteiger partial charge in [0.15, 0.2) is 5.13 Å². The van der Waals surface area contributed by atoms with Crippen LogP contribution in [0.3, 0.4) is 0 Å². The predicted molar refractivity (Wildman–Crippen MR) is 81.2 cm³/mol. The highest BCUT2D eigenvalue weighted by Gasteiger charge is 2.30. The fourth-order valence-corrected chi connectivity index (χ4v) is 4.10. The van der Waals surface area contributed by atoms with Crippen molar-refractivity contribution in [3.05, 3.63) is 10.6 Å². The Bertz CT molecular complexity index is 571. The maximum Gasteiger partial charge on any atom is 0.323 e. The van der Waals surface area contributed by atoms with Crippen LogP contribution in [0.5, 0.6) is 0 Å². The van der Waals surface area contributed by atoms with Gasteiger partial charge in [-0.3, -0.25) is 10.1 Å². The molecule has 3 rings (SSSR count). The first-order valence-electron chi connectivity index (χ1n) is 7.36. The number of nitrogens with zero attached hydrogens (tertiary/aromatic N) is 2. The van der Waals surface area contributed by atoms with Gasteiger partial charge in [0.2, 0.25) is 5.91 Å². The summed E-state index contributed by atoms with van der Waals surface area (Å²) in [6, 6.07) is -0.183. The monoisotopic (exact) mass is 308 g/mol. The van der Waals surface area contributed by atoms with Gasteiger partial charge < -0.3 is 10.6 Å². The zero-order chi connectivity index (χ0) is 15.0. The van der Waals surface area contributed by atoms with E-state index in [2.05, 4.69) is 17.2 Å². The Morgan fingerprint density at radius 3 is 2.95 bits per heavy atom. The Morgan fingerprint density at radius 2 is 2.24 bits per heavy atom. The number of nitrogens with two attached hydrogens (primary N) is 1. The van der Waals surface area contributed by atoms with Crippen molar-refractivity contribution in [2.45, 2.75) is 32.6 Å². The normalized spacial score (nSPS) is 24.7. The molecule has 2 aliphatic rings. The molecule has 1 fully saturated rings. The minimum Gasteiger partial charge on any atom is -0.369 e. The van der Waals surface area contributed by atoms with Gasteiger partial charge in [0.25, 0.3) is 0 Å². The molecule has 0 unspecified atom stereocenters. The molecule has 0 radical (unpaired) electrons. The highest BCUT2D eigenvalue weighted by Crippen LogP contribution is 2.32. The van der Waals surface area contributed by atoms with Crippen molar-refractivity contribution in [3.8, 4) is 0 Å². The summed E-state index contributed by atoms with van der Waals surface area (Å²) in [5, 5.41) is 3.53. The first-order valence-corrected chi connectivity index (χ1v) is 8.18. The number of fused-ring (bicyclic) bond motifs is 1. The number of hydrogen-bond acceptors (Lipinski definition) is 4. The molecule has 0 saturated carbocycles. The number of anilines is 1. The van der Waals surface area contributed by atoms with Crippen molar-refractivity contribution in [1.82, 2.24) is 9.88 Å². The van der Waals surface area contributed by atoms with Crippen LogP contribution >= 0.6 is 11.3 Å². The number of carbonyl (C=O) groups excluding carboxylic acids is 2. The zero-order valence-corrected chi connectivity index (χ0v) is 12.9. The quantitative estimate of drug-likeness (QED) is 0.870. The van der Waals surface area contributed by atoms with Crippen LogP contribution in [-0.4, -0.2) is 34.9 Å². The van der Waals surface area contributed by atoms with Crippen LogP contribution < -0.4 is 11.1 Å². The molecule has 1 saturated heterocycles. The van der Waals surface area contributed by atoms with E-state index < -0.39 is 0 Å². The average molecular weight is 308 g/mol. The molecule has 2 heterocycles. The van der Waals surface area contributed by atoms with Crippen molar-refractivity contribution >= 4 is 28.4 Å². The number of likely N-dealkylation sites (tertiary alicyclic amines) is 1. The third kappa shape index (κ3) is 3.02. The van der Waals surface area contributed by atoms with Crippen LogP contribution in [0.2, 0.25) is 0 Å². The van der Waals surface area contributed by atoms with E-state index in [1.165, 1.54) is 4.88 Å². The number of primary amides is 1. The fourth-order valence-electron chi connectivity index (χ4n) is 2.94. The van der Waals surface area contributed by atoms with Gasteiger partial charge in [0, 0.05) is 18.0 Å². The molecule has 0 bridgehead atoms. The third-order valence-corrected chi connectivity index (χ3v) is 5.31. The van der Waals surface area contributed by atoms with E-state index in [9.17, 15) is 9.59 Å². The fraction of sp³-hybridized carbons (Fsp3) is 0.643. The molecule has 1 aromatic rings. The number of amides is 3. The molecule has 6 nitrogen and oxygen atoms in total. The molecule has 3 N–H and O–H groups in total. The first kappa shape index (κ1) is 14.3. The maximum atomic E-state index is 12.2. The highest BCUT2D eigenvalue weighted by molar-refractivity contribution is 7.15. The minimum atomic E-state index is -0.330. The van der Waals surface area contributed by atoms with E-state index >= 15 is 0 Å². The SMILES string of the molecule is C[C@@H]1CCc2nc(NC(=O)N3CC[C@H](C(N)=O)C3)sc2C1. The Labute approximate surface area is 127 Å². The van der Waals surface area contributed by atoms with E-state index in [0.29, 0.717) is 30.6 Å². The first-order chi connectivity index (χ1) is 10.0. The van der Waals surface area contributed by atoms with Gasteiger partial charge in [0.1, 0.15) is 0 Å². The summed E-state index contributed by atoms with van der Waals surface area (Å²) in [5.41, 5.74) is 6.41. The summed E-state index contributed by atoms with van der Waals surface area (Å²) in [7, 11) is 0. The lowest BCUT2D eigenvalue weighted by Crippen LogP contribution is -2.34. The Balaban J connectivity index is 1.62. The maximum absolute atomic E-state index is 12.2. The van der Waals surface area contributed by atoms with Gasteiger partial charge in [-0.15, -0.1) is 11.3 Å². The molecule has 1 aromatic heterocycles. The zero-order valence-electron chi connectivity index (χ0n) is 12.1. The van der Waals surface area contributed by atoms with E-state index in [1.54, 1.807) is 16.2 Å². The highest BCUT2D eigenvalue weighted by atomic mass is 32.1. The third-order valence-electron chi connectivity index (χ3n) is 4.28. The largest absolute Gasteiger partial charge is 0.369 e. The summed E-state index contributed by atoms with van der Waals surface area (Å²) in [6.07, 6.45) is 3.86. The molecule has 3 amide bonds. The molecular weight excluding hydrogens is 288 g/mol. The topological polar surface area (TPSA) is 88.3 Å². The van der Waals surface area contributed by atoms with Crippen LogP contribution in [0, 0.1) is 11.8 Å². The lowest BCUT2D eigenvalue weighted by atomic mass is 9.93. The second-order valence-corrected chi connectivity index (χ2v) is 7.08. The second kappa shape index (κ2) is 5.63. The number of rotatable bonds is 2. The summed E-state index contributed by atoms with van der Waals surface area (Å²) >= 11 is 1.57. The predicted octanol–water partition coefficient (Wildman–Crippen LogP) is 1.61.